The molecule has 2 aromatic carbocycles. The Morgan fingerprint density at radius 2 is 1.62 bits per heavy atom. The smallest absolute Gasteiger partial charge is 0.207 e. The SMILES string of the molecule is S=c1n(C[NH+]2CCc3ccccc3C2)nc(-c2ccncc2)n1-c1ccccc1. The van der Waals surface area contributed by atoms with Gasteiger partial charge in [0.25, 0.3) is 0 Å². The van der Waals surface area contributed by atoms with Crippen LogP contribution in [0.2, 0.25) is 0 Å². The lowest BCUT2D eigenvalue weighted by atomic mass is 10.0. The predicted molar refractivity (Wildman–Crippen MR) is 115 cm³/mol. The van der Waals surface area contributed by atoms with Crippen LogP contribution in [0.4, 0.5) is 0 Å². The lowest BCUT2D eigenvalue weighted by molar-refractivity contribution is -0.939. The minimum absolute atomic E-state index is 0.717. The summed E-state index contributed by atoms with van der Waals surface area (Å²) in [6.07, 6.45) is 4.68. The standard InChI is InChI=1S/C23H21N5S/c29-23-27(17-26-15-12-18-6-4-5-7-20(18)16-26)25-22(19-10-13-24-14-11-19)28(23)21-8-2-1-3-9-21/h1-11,13-14H,12,15-17H2/p+1. The first-order valence-corrected chi connectivity index (χ1v) is 10.3. The Labute approximate surface area is 174 Å². The quantitative estimate of drug-likeness (QED) is 0.535. The largest absolute Gasteiger partial charge is 0.312 e. The van der Waals surface area contributed by atoms with Gasteiger partial charge in [0.1, 0.15) is 6.54 Å². The number of nitrogens with one attached hydrogen (secondary N) is 1. The summed E-state index contributed by atoms with van der Waals surface area (Å²) in [4.78, 5) is 5.61. The summed E-state index contributed by atoms with van der Waals surface area (Å²) >= 11 is 5.88. The van der Waals surface area contributed by atoms with Crippen LogP contribution >= 0.6 is 12.2 Å². The van der Waals surface area contributed by atoms with Crippen LogP contribution in [0.5, 0.6) is 0 Å². The van der Waals surface area contributed by atoms with Crippen LogP contribution in [0.3, 0.4) is 0 Å². The maximum atomic E-state index is 5.88. The van der Waals surface area contributed by atoms with E-state index in [1.54, 1.807) is 12.4 Å². The first kappa shape index (κ1) is 18.0. The summed E-state index contributed by atoms with van der Waals surface area (Å²) in [5.41, 5.74) is 4.92. The lowest BCUT2D eigenvalue weighted by Gasteiger charge is -2.25. The Balaban J connectivity index is 1.53. The molecule has 0 saturated heterocycles. The summed E-state index contributed by atoms with van der Waals surface area (Å²) in [6, 6.07) is 22.9. The van der Waals surface area contributed by atoms with Gasteiger partial charge in [-0.1, -0.05) is 42.5 Å². The molecule has 1 aliphatic rings. The van der Waals surface area contributed by atoms with Crippen molar-refractivity contribution in [2.24, 2.45) is 0 Å². The van der Waals surface area contributed by atoms with Gasteiger partial charge in [0.15, 0.2) is 12.5 Å². The highest BCUT2D eigenvalue weighted by atomic mass is 32.1. The topological polar surface area (TPSA) is 40.1 Å². The first-order valence-electron chi connectivity index (χ1n) is 9.85. The number of rotatable bonds is 4. The third-order valence-corrected chi connectivity index (χ3v) is 5.87. The fourth-order valence-corrected chi connectivity index (χ4v) is 4.30. The molecule has 6 heteroatoms. The lowest BCUT2D eigenvalue weighted by Crippen LogP contribution is -3.11. The van der Waals surface area contributed by atoms with Crippen LogP contribution in [-0.2, 0) is 19.6 Å². The molecule has 0 fully saturated rings. The molecular formula is C23H22N5S+. The molecule has 0 radical (unpaired) electrons. The molecule has 0 aliphatic carbocycles. The summed E-state index contributed by atoms with van der Waals surface area (Å²) in [7, 11) is 0. The van der Waals surface area contributed by atoms with Gasteiger partial charge in [-0.25, -0.2) is 0 Å². The monoisotopic (exact) mass is 400 g/mol. The van der Waals surface area contributed by atoms with Crippen molar-refractivity contribution in [2.75, 3.05) is 6.54 Å². The molecule has 4 aromatic rings. The molecular weight excluding hydrogens is 378 g/mol. The first-order chi connectivity index (χ1) is 14.3. The molecule has 0 amide bonds. The van der Waals surface area contributed by atoms with Crippen molar-refractivity contribution >= 4 is 12.2 Å². The molecule has 5 rings (SSSR count). The predicted octanol–water partition coefficient (Wildman–Crippen LogP) is 3.06. The van der Waals surface area contributed by atoms with Gasteiger partial charge in [-0.3, -0.25) is 9.55 Å². The molecule has 2 aromatic heterocycles. The van der Waals surface area contributed by atoms with E-state index in [1.165, 1.54) is 16.0 Å². The van der Waals surface area contributed by atoms with Gasteiger partial charge in [0.05, 0.1) is 6.54 Å². The minimum atomic E-state index is 0.717. The zero-order chi connectivity index (χ0) is 19.6. The molecule has 3 heterocycles. The molecule has 1 aliphatic heterocycles. The van der Waals surface area contributed by atoms with Gasteiger partial charge in [0.2, 0.25) is 4.77 Å². The van der Waals surface area contributed by atoms with E-state index in [2.05, 4.69) is 45.9 Å². The van der Waals surface area contributed by atoms with Crippen molar-refractivity contribution in [2.45, 2.75) is 19.6 Å². The highest BCUT2D eigenvalue weighted by Gasteiger charge is 2.22. The summed E-state index contributed by atoms with van der Waals surface area (Å²) in [5, 5.41) is 4.93. The Hall–Kier alpha value is -3.09. The highest BCUT2D eigenvalue weighted by molar-refractivity contribution is 7.71. The number of pyridine rings is 1. The van der Waals surface area contributed by atoms with E-state index < -0.39 is 0 Å². The molecule has 1 atom stereocenters. The number of benzene rings is 2. The molecule has 144 valence electrons. The van der Waals surface area contributed by atoms with Crippen molar-refractivity contribution in [1.82, 2.24) is 19.3 Å². The zero-order valence-electron chi connectivity index (χ0n) is 16.0. The Morgan fingerprint density at radius 1 is 0.897 bits per heavy atom. The van der Waals surface area contributed by atoms with E-state index in [-0.39, 0.29) is 0 Å². The maximum Gasteiger partial charge on any atom is 0.207 e. The van der Waals surface area contributed by atoms with Crippen LogP contribution in [0.1, 0.15) is 11.1 Å². The average molecular weight is 401 g/mol. The Kier molecular flexibility index (Phi) is 4.79. The molecule has 0 saturated carbocycles. The number of nitrogens with zero attached hydrogens (tertiary/aromatic N) is 4. The number of hydrogen-bond donors (Lipinski definition) is 1. The van der Waals surface area contributed by atoms with Gasteiger partial charge in [-0.05, 0) is 42.0 Å². The Morgan fingerprint density at radius 3 is 2.41 bits per heavy atom. The van der Waals surface area contributed by atoms with E-state index in [9.17, 15) is 0 Å². The zero-order valence-corrected chi connectivity index (χ0v) is 16.8. The molecule has 1 N–H and O–H groups in total. The van der Waals surface area contributed by atoms with Gasteiger partial charge in [0, 0.05) is 35.6 Å². The molecule has 5 nitrogen and oxygen atoms in total. The Bertz CT molecular complexity index is 1180. The van der Waals surface area contributed by atoms with E-state index in [1.807, 2.05) is 35.0 Å². The normalized spacial score (nSPS) is 15.8. The van der Waals surface area contributed by atoms with Crippen molar-refractivity contribution < 1.29 is 4.90 Å². The summed E-state index contributed by atoms with van der Waals surface area (Å²) < 4.78 is 4.75. The third kappa shape index (κ3) is 3.52. The summed E-state index contributed by atoms with van der Waals surface area (Å²) in [5.74, 6) is 0.848. The van der Waals surface area contributed by atoms with E-state index in [0.717, 1.165) is 48.0 Å². The average Bonchev–Trinajstić information content (AvgIpc) is 3.11. The van der Waals surface area contributed by atoms with E-state index in [0.29, 0.717) is 0 Å². The van der Waals surface area contributed by atoms with Crippen molar-refractivity contribution in [3.8, 4) is 17.1 Å². The second-order valence-corrected chi connectivity index (χ2v) is 7.73. The number of fused-ring (bicyclic) bond motifs is 1. The van der Waals surface area contributed by atoms with E-state index in [4.69, 9.17) is 17.3 Å². The van der Waals surface area contributed by atoms with Crippen LogP contribution in [0, 0.1) is 4.77 Å². The van der Waals surface area contributed by atoms with Crippen LogP contribution in [-0.4, -0.2) is 25.9 Å². The van der Waals surface area contributed by atoms with Gasteiger partial charge in [-0.2, -0.15) is 4.68 Å². The van der Waals surface area contributed by atoms with Crippen molar-refractivity contribution in [3.63, 3.8) is 0 Å². The number of aromatic nitrogens is 4. The van der Waals surface area contributed by atoms with Crippen LogP contribution < -0.4 is 4.90 Å². The summed E-state index contributed by atoms with van der Waals surface area (Å²) in [6.45, 7) is 2.84. The van der Waals surface area contributed by atoms with Gasteiger partial charge in [-0.15, -0.1) is 5.10 Å². The van der Waals surface area contributed by atoms with Crippen LogP contribution in [0.15, 0.2) is 79.1 Å². The second kappa shape index (κ2) is 7.73. The maximum absolute atomic E-state index is 5.88. The van der Waals surface area contributed by atoms with E-state index >= 15 is 0 Å². The van der Waals surface area contributed by atoms with Crippen LogP contribution in [0.25, 0.3) is 17.1 Å². The van der Waals surface area contributed by atoms with Gasteiger partial charge >= 0.3 is 0 Å². The number of hydrogen-bond acceptors (Lipinski definition) is 3. The van der Waals surface area contributed by atoms with Gasteiger partial charge < -0.3 is 4.90 Å². The number of para-hydroxylation sites is 1. The number of quaternary nitrogens is 1. The van der Waals surface area contributed by atoms with Crippen molar-refractivity contribution in [1.29, 1.82) is 0 Å². The fraction of sp³-hybridized carbons (Fsp3) is 0.174. The molecule has 1 unspecified atom stereocenters. The fourth-order valence-electron chi connectivity index (χ4n) is 4.00. The highest BCUT2D eigenvalue weighted by Crippen LogP contribution is 2.22. The third-order valence-electron chi connectivity index (χ3n) is 5.47. The molecule has 0 spiro atoms. The van der Waals surface area contributed by atoms with Crippen molar-refractivity contribution in [3.05, 3.63) is 95.0 Å². The molecule has 29 heavy (non-hydrogen) atoms. The second-order valence-electron chi connectivity index (χ2n) is 7.37. The minimum Gasteiger partial charge on any atom is -0.312 e. The molecule has 0 bridgehead atoms.